The Hall–Kier alpha value is -0.540. The average molecular weight is 249 g/mol. The highest BCUT2D eigenvalue weighted by Crippen LogP contribution is 2.25. The van der Waals surface area contributed by atoms with E-state index in [1.54, 1.807) is 19.1 Å². The van der Waals surface area contributed by atoms with E-state index >= 15 is 0 Å². The third-order valence-corrected chi connectivity index (χ3v) is 2.73. The van der Waals surface area contributed by atoms with Gasteiger partial charge in [0.2, 0.25) is 5.91 Å². The summed E-state index contributed by atoms with van der Waals surface area (Å²) in [5.74, 6) is -0.457. The fraction of sp³-hybridized carbons (Fsp3) is 0.125. The van der Waals surface area contributed by atoms with E-state index in [1.807, 2.05) is 0 Å². The SMILES string of the molecule is Cc1cc(Br)c(Cl)cc1C(N)=O. The Morgan fingerprint density at radius 1 is 1.58 bits per heavy atom. The first-order chi connectivity index (χ1) is 5.52. The van der Waals surface area contributed by atoms with Gasteiger partial charge >= 0.3 is 0 Å². The number of primary amides is 1. The number of nitrogens with two attached hydrogens (primary N) is 1. The van der Waals surface area contributed by atoms with Crippen LogP contribution in [0.15, 0.2) is 16.6 Å². The third kappa shape index (κ3) is 1.79. The van der Waals surface area contributed by atoms with E-state index in [9.17, 15) is 4.79 Å². The van der Waals surface area contributed by atoms with Gasteiger partial charge in [-0.25, -0.2) is 0 Å². The van der Waals surface area contributed by atoms with Gasteiger partial charge in [-0.15, -0.1) is 0 Å². The second-order valence-corrected chi connectivity index (χ2v) is 3.71. The molecule has 0 aliphatic rings. The van der Waals surface area contributed by atoms with Gasteiger partial charge in [0.05, 0.1) is 5.02 Å². The van der Waals surface area contributed by atoms with Gasteiger partial charge in [0.1, 0.15) is 0 Å². The summed E-state index contributed by atoms with van der Waals surface area (Å²) in [7, 11) is 0. The molecule has 0 saturated carbocycles. The van der Waals surface area contributed by atoms with Crippen molar-refractivity contribution in [3.63, 3.8) is 0 Å². The molecule has 0 aliphatic carbocycles. The summed E-state index contributed by atoms with van der Waals surface area (Å²) in [5.41, 5.74) is 6.40. The molecule has 2 N–H and O–H groups in total. The zero-order chi connectivity index (χ0) is 9.30. The van der Waals surface area contributed by atoms with Gasteiger partial charge in [-0.3, -0.25) is 4.79 Å². The van der Waals surface area contributed by atoms with E-state index in [1.165, 1.54) is 0 Å². The van der Waals surface area contributed by atoms with Crippen LogP contribution >= 0.6 is 27.5 Å². The van der Waals surface area contributed by atoms with Crippen LogP contribution in [-0.2, 0) is 0 Å². The molecule has 2 nitrogen and oxygen atoms in total. The predicted molar refractivity (Wildman–Crippen MR) is 52.4 cm³/mol. The van der Waals surface area contributed by atoms with Crippen LogP contribution in [-0.4, -0.2) is 5.91 Å². The Morgan fingerprint density at radius 2 is 2.17 bits per heavy atom. The van der Waals surface area contributed by atoms with Gasteiger partial charge < -0.3 is 5.73 Å². The second kappa shape index (κ2) is 3.46. The molecule has 0 radical (unpaired) electrons. The summed E-state index contributed by atoms with van der Waals surface area (Å²) in [6, 6.07) is 3.33. The number of rotatable bonds is 1. The van der Waals surface area contributed by atoms with Crippen molar-refractivity contribution in [1.82, 2.24) is 0 Å². The van der Waals surface area contributed by atoms with Gasteiger partial charge in [-0.1, -0.05) is 11.6 Å². The fourth-order valence-electron chi connectivity index (χ4n) is 0.912. The zero-order valence-corrected chi connectivity index (χ0v) is 8.74. The standard InChI is InChI=1S/C8H7BrClNO/c1-4-2-6(9)7(10)3-5(4)8(11)12/h2-3H,1H3,(H2,11,12). The van der Waals surface area contributed by atoms with E-state index in [4.69, 9.17) is 17.3 Å². The minimum atomic E-state index is -0.457. The van der Waals surface area contributed by atoms with Crippen molar-refractivity contribution >= 4 is 33.4 Å². The lowest BCUT2D eigenvalue weighted by Gasteiger charge is -2.03. The number of amides is 1. The molecule has 0 heterocycles. The summed E-state index contributed by atoms with van der Waals surface area (Å²) >= 11 is 9.02. The third-order valence-electron chi connectivity index (χ3n) is 1.53. The summed E-state index contributed by atoms with van der Waals surface area (Å²) < 4.78 is 0.770. The maximum absolute atomic E-state index is 10.8. The van der Waals surface area contributed by atoms with Gasteiger partial charge in [0, 0.05) is 10.0 Å². The molecule has 64 valence electrons. The van der Waals surface area contributed by atoms with Crippen molar-refractivity contribution in [2.75, 3.05) is 0 Å². The molecule has 1 aromatic rings. The molecule has 0 atom stereocenters. The molecule has 0 saturated heterocycles. The topological polar surface area (TPSA) is 43.1 Å². The highest BCUT2D eigenvalue weighted by molar-refractivity contribution is 9.10. The quantitative estimate of drug-likeness (QED) is 0.815. The summed E-state index contributed by atoms with van der Waals surface area (Å²) in [5, 5.41) is 0.495. The van der Waals surface area contributed by atoms with Crippen molar-refractivity contribution in [3.05, 3.63) is 32.8 Å². The molecule has 4 heteroatoms. The molecule has 1 amide bonds. The van der Waals surface area contributed by atoms with Crippen molar-refractivity contribution < 1.29 is 4.79 Å². The highest BCUT2D eigenvalue weighted by atomic mass is 79.9. The number of hydrogen-bond acceptors (Lipinski definition) is 1. The second-order valence-electron chi connectivity index (χ2n) is 2.45. The predicted octanol–water partition coefficient (Wildman–Crippen LogP) is 2.51. The molecule has 12 heavy (non-hydrogen) atoms. The van der Waals surface area contributed by atoms with Crippen molar-refractivity contribution in [2.24, 2.45) is 5.73 Å². The normalized spacial score (nSPS) is 9.92. The lowest BCUT2D eigenvalue weighted by molar-refractivity contribution is 0.0999. The van der Waals surface area contributed by atoms with E-state index in [0.29, 0.717) is 10.6 Å². The minimum absolute atomic E-state index is 0.457. The lowest BCUT2D eigenvalue weighted by Crippen LogP contribution is -2.12. The lowest BCUT2D eigenvalue weighted by atomic mass is 10.1. The fourth-order valence-corrected chi connectivity index (χ4v) is 1.53. The van der Waals surface area contributed by atoms with Crippen LogP contribution in [0.3, 0.4) is 0 Å². The van der Waals surface area contributed by atoms with Crippen LogP contribution in [0, 0.1) is 6.92 Å². The summed E-state index contributed by atoms with van der Waals surface area (Å²) in [6.07, 6.45) is 0. The van der Waals surface area contributed by atoms with E-state index < -0.39 is 5.91 Å². The van der Waals surface area contributed by atoms with E-state index in [0.717, 1.165) is 10.0 Å². The molecular formula is C8H7BrClNO. The number of aryl methyl sites for hydroxylation is 1. The van der Waals surface area contributed by atoms with Gasteiger partial charge in [0.25, 0.3) is 0 Å². The number of hydrogen-bond donors (Lipinski definition) is 1. The van der Waals surface area contributed by atoms with Gasteiger partial charge in [-0.05, 0) is 40.5 Å². The van der Waals surface area contributed by atoms with Crippen LogP contribution in [0.25, 0.3) is 0 Å². The Morgan fingerprint density at radius 3 is 2.67 bits per heavy atom. The monoisotopic (exact) mass is 247 g/mol. The molecule has 0 aliphatic heterocycles. The number of carbonyl (C=O) groups is 1. The molecular weight excluding hydrogens is 241 g/mol. The first-order valence-corrected chi connectivity index (χ1v) is 4.45. The summed E-state index contributed by atoms with van der Waals surface area (Å²) in [4.78, 5) is 10.8. The van der Waals surface area contributed by atoms with Crippen molar-refractivity contribution in [3.8, 4) is 0 Å². The summed E-state index contributed by atoms with van der Waals surface area (Å²) in [6.45, 7) is 1.81. The number of benzene rings is 1. The maximum atomic E-state index is 10.8. The highest BCUT2D eigenvalue weighted by Gasteiger charge is 2.07. The Labute approximate surface area is 83.8 Å². The zero-order valence-electron chi connectivity index (χ0n) is 6.40. The maximum Gasteiger partial charge on any atom is 0.249 e. The van der Waals surface area contributed by atoms with Crippen LogP contribution < -0.4 is 5.73 Å². The first kappa shape index (κ1) is 9.55. The molecule has 0 spiro atoms. The van der Waals surface area contributed by atoms with E-state index in [2.05, 4.69) is 15.9 Å². The number of carbonyl (C=O) groups excluding carboxylic acids is 1. The molecule has 0 unspecified atom stereocenters. The molecule has 0 aromatic heterocycles. The van der Waals surface area contributed by atoms with Gasteiger partial charge in [-0.2, -0.15) is 0 Å². The largest absolute Gasteiger partial charge is 0.366 e. The van der Waals surface area contributed by atoms with E-state index in [-0.39, 0.29) is 0 Å². The molecule has 0 fully saturated rings. The Bertz CT molecular complexity index is 338. The van der Waals surface area contributed by atoms with Crippen LogP contribution in [0.4, 0.5) is 0 Å². The van der Waals surface area contributed by atoms with Gasteiger partial charge in [0.15, 0.2) is 0 Å². The van der Waals surface area contributed by atoms with Crippen molar-refractivity contribution in [2.45, 2.75) is 6.92 Å². The van der Waals surface area contributed by atoms with Crippen molar-refractivity contribution in [1.29, 1.82) is 0 Å². The van der Waals surface area contributed by atoms with Crippen LogP contribution in [0.5, 0.6) is 0 Å². The molecule has 1 rings (SSSR count). The number of halogens is 2. The van der Waals surface area contributed by atoms with Crippen LogP contribution in [0.2, 0.25) is 5.02 Å². The Balaban J connectivity index is 3.33. The first-order valence-electron chi connectivity index (χ1n) is 3.28. The Kier molecular flexibility index (Phi) is 2.75. The molecule has 1 aromatic carbocycles. The minimum Gasteiger partial charge on any atom is -0.366 e. The average Bonchev–Trinajstić information content (AvgIpc) is 1.96. The molecule has 0 bridgehead atoms. The van der Waals surface area contributed by atoms with Crippen LogP contribution in [0.1, 0.15) is 15.9 Å². The smallest absolute Gasteiger partial charge is 0.249 e.